The maximum atomic E-state index is 12.4. The van der Waals surface area contributed by atoms with Gasteiger partial charge in [-0.25, -0.2) is 9.78 Å². The Morgan fingerprint density at radius 1 is 1.48 bits per heavy atom. The number of hydrogen-bond acceptors (Lipinski definition) is 8. The van der Waals surface area contributed by atoms with Crippen LogP contribution in [0.4, 0.5) is 5.13 Å². The molecule has 9 heteroatoms. The van der Waals surface area contributed by atoms with Crippen LogP contribution in [-0.4, -0.2) is 47.1 Å². The molecule has 1 atom stereocenters. The number of thiazole rings is 1. The zero-order valence-corrected chi connectivity index (χ0v) is 15.2. The van der Waals surface area contributed by atoms with Crippen LogP contribution in [0, 0.1) is 13.8 Å². The number of rotatable bonds is 5. The quantitative estimate of drug-likeness (QED) is 0.813. The number of likely N-dealkylation sites (tertiary alicyclic amines) is 1. The van der Waals surface area contributed by atoms with Gasteiger partial charge in [0, 0.05) is 6.07 Å². The predicted molar refractivity (Wildman–Crippen MR) is 91.6 cm³/mol. The van der Waals surface area contributed by atoms with Crippen molar-refractivity contribution in [1.29, 1.82) is 0 Å². The fraction of sp³-hybridized carbons (Fsp3) is 0.500. The number of carbonyl (C=O) groups excluding carboxylic acids is 2. The van der Waals surface area contributed by atoms with Crippen molar-refractivity contribution in [2.24, 2.45) is 0 Å². The lowest BCUT2D eigenvalue weighted by Crippen LogP contribution is -2.32. The SMILES string of the molecule is COC(=O)c1sc(NC(=O)CN2CCC[C@@H]2c2cc(C)no2)nc1C. The smallest absolute Gasteiger partial charge is 0.350 e. The van der Waals surface area contributed by atoms with Gasteiger partial charge in [-0.15, -0.1) is 0 Å². The predicted octanol–water partition coefficient (Wildman–Crippen LogP) is 2.31. The Kier molecular flexibility index (Phi) is 5.14. The third-order valence-corrected chi connectivity index (χ3v) is 5.15. The Morgan fingerprint density at radius 2 is 2.28 bits per heavy atom. The molecular formula is C16H20N4O4S. The van der Waals surface area contributed by atoms with E-state index >= 15 is 0 Å². The molecule has 8 nitrogen and oxygen atoms in total. The molecule has 0 unspecified atom stereocenters. The number of ether oxygens (including phenoxy) is 1. The molecule has 1 amide bonds. The van der Waals surface area contributed by atoms with Gasteiger partial charge in [0.25, 0.3) is 0 Å². The Morgan fingerprint density at radius 3 is 2.96 bits per heavy atom. The van der Waals surface area contributed by atoms with Crippen molar-refractivity contribution in [3.8, 4) is 0 Å². The van der Waals surface area contributed by atoms with Crippen LogP contribution in [0.2, 0.25) is 0 Å². The average Bonchev–Trinajstić information content (AvgIpc) is 3.27. The summed E-state index contributed by atoms with van der Waals surface area (Å²) in [4.78, 5) is 30.7. The number of esters is 1. The minimum atomic E-state index is -0.448. The highest BCUT2D eigenvalue weighted by atomic mass is 32.1. The summed E-state index contributed by atoms with van der Waals surface area (Å²) in [5.74, 6) is 0.171. The number of nitrogens with zero attached hydrogens (tertiary/aromatic N) is 3. The van der Waals surface area contributed by atoms with Gasteiger partial charge >= 0.3 is 5.97 Å². The molecule has 1 aliphatic heterocycles. The van der Waals surface area contributed by atoms with Crippen LogP contribution in [0.5, 0.6) is 0 Å². The average molecular weight is 364 g/mol. The van der Waals surface area contributed by atoms with E-state index in [0.717, 1.165) is 42.2 Å². The van der Waals surface area contributed by atoms with Crippen molar-refractivity contribution in [1.82, 2.24) is 15.0 Å². The molecule has 1 N–H and O–H groups in total. The lowest BCUT2D eigenvalue weighted by Gasteiger charge is -2.21. The Bertz CT molecular complexity index is 785. The number of amides is 1. The van der Waals surface area contributed by atoms with Crippen LogP contribution in [0.25, 0.3) is 0 Å². The summed E-state index contributed by atoms with van der Waals surface area (Å²) in [6.45, 7) is 4.64. The molecule has 0 aromatic carbocycles. The number of methoxy groups -OCH3 is 1. The normalized spacial score (nSPS) is 17.6. The van der Waals surface area contributed by atoms with Crippen LogP contribution in [-0.2, 0) is 9.53 Å². The lowest BCUT2D eigenvalue weighted by atomic mass is 10.1. The molecule has 0 aliphatic carbocycles. The Hall–Kier alpha value is -2.26. The van der Waals surface area contributed by atoms with Gasteiger partial charge in [-0.05, 0) is 33.2 Å². The summed E-state index contributed by atoms with van der Waals surface area (Å²) in [5, 5.41) is 7.08. The number of aromatic nitrogens is 2. The first-order valence-electron chi connectivity index (χ1n) is 8.00. The molecule has 0 bridgehead atoms. The van der Waals surface area contributed by atoms with Crippen molar-refractivity contribution in [2.45, 2.75) is 32.7 Å². The third kappa shape index (κ3) is 3.88. The zero-order valence-electron chi connectivity index (χ0n) is 14.4. The van der Waals surface area contributed by atoms with E-state index in [1.54, 1.807) is 6.92 Å². The van der Waals surface area contributed by atoms with E-state index in [0.29, 0.717) is 15.7 Å². The van der Waals surface area contributed by atoms with Gasteiger partial charge in [0.15, 0.2) is 10.9 Å². The van der Waals surface area contributed by atoms with Crippen molar-refractivity contribution >= 4 is 28.3 Å². The summed E-state index contributed by atoms with van der Waals surface area (Å²) in [6, 6.07) is 1.98. The van der Waals surface area contributed by atoms with Crippen LogP contribution < -0.4 is 5.32 Å². The molecule has 1 saturated heterocycles. The van der Waals surface area contributed by atoms with E-state index in [9.17, 15) is 9.59 Å². The largest absolute Gasteiger partial charge is 0.465 e. The minimum absolute atomic E-state index is 0.0654. The molecule has 2 aromatic rings. The fourth-order valence-corrected chi connectivity index (χ4v) is 3.85. The van der Waals surface area contributed by atoms with Gasteiger partial charge in [0.2, 0.25) is 5.91 Å². The van der Waals surface area contributed by atoms with Crippen molar-refractivity contribution < 1.29 is 18.8 Å². The summed E-state index contributed by atoms with van der Waals surface area (Å²) >= 11 is 1.11. The zero-order chi connectivity index (χ0) is 18.0. The third-order valence-electron chi connectivity index (χ3n) is 4.10. The Labute approximate surface area is 149 Å². The highest BCUT2D eigenvalue weighted by Gasteiger charge is 2.30. The van der Waals surface area contributed by atoms with Crippen molar-refractivity contribution in [3.63, 3.8) is 0 Å². The molecule has 0 spiro atoms. The van der Waals surface area contributed by atoms with Crippen LogP contribution in [0.15, 0.2) is 10.6 Å². The van der Waals surface area contributed by atoms with E-state index in [4.69, 9.17) is 9.26 Å². The summed E-state index contributed by atoms with van der Waals surface area (Å²) in [5.41, 5.74) is 1.38. The molecule has 0 saturated carbocycles. The highest BCUT2D eigenvalue weighted by molar-refractivity contribution is 7.17. The number of anilines is 1. The van der Waals surface area contributed by atoms with E-state index in [1.807, 2.05) is 13.0 Å². The van der Waals surface area contributed by atoms with Crippen LogP contribution >= 0.6 is 11.3 Å². The summed E-state index contributed by atoms with van der Waals surface area (Å²) in [7, 11) is 1.32. The molecule has 3 heterocycles. The molecule has 1 fully saturated rings. The van der Waals surface area contributed by atoms with Crippen molar-refractivity contribution in [2.75, 3.05) is 25.5 Å². The molecule has 1 aliphatic rings. The maximum Gasteiger partial charge on any atom is 0.350 e. The molecule has 3 rings (SSSR count). The second-order valence-corrected chi connectivity index (χ2v) is 6.97. The highest BCUT2D eigenvalue weighted by Crippen LogP contribution is 2.32. The summed E-state index contributed by atoms with van der Waals surface area (Å²) in [6.07, 6.45) is 1.94. The minimum Gasteiger partial charge on any atom is -0.465 e. The molecule has 134 valence electrons. The first kappa shape index (κ1) is 17.6. The first-order chi connectivity index (χ1) is 12.0. The topological polar surface area (TPSA) is 97.6 Å². The number of carbonyl (C=O) groups is 2. The number of aryl methyl sites for hydroxylation is 2. The lowest BCUT2D eigenvalue weighted by molar-refractivity contribution is -0.117. The van der Waals surface area contributed by atoms with Gasteiger partial charge < -0.3 is 14.6 Å². The standard InChI is InChI=1S/C16H20N4O4S/c1-9-7-12(24-19-9)11-5-4-6-20(11)8-13(21)18-16-17-10(2)14(25-16)15(22)23-3/h7,11H,4-6,8H2,1-3H3,(H,17,18,21)/t11-/m1/s1. The van der Waals surface area contributed by atoms with Gasteiger partial charge in [-0.1, -0.05) is 16.5 Å². The van der Waals surface area contributed by atoms with Gasteiger partial charge in [-0.3, -0.25) is 9.69 Å². The van der Waals surface area contributed by atoms with E-state index < -0.39 is 5.97 Å². The second-order valence-electron chi connectivity index (χ2n) is 5.97. The number of nitrogens with one attached hydrogen (secondary N) is 1. The Balaban J connectivity index is 1.63. The van der Waals surface area contributed by atoms with Gasteiger partial charge in [0.05, 0.1) is 31.1 Å². The van der Waals surface area contributed by atoms with Crippen LogP contribution in [0.1, 0.15) is 45.7 Å². The van der Waals surface area contributed by atoms with E-state index in [2.05, 4.69) is 20.4 Å². The molecule has 0 radical (unpaired) electrons. The van der Waals surface area contributed by atoms with Gasteiger partial charge in [-0.2, -0.15) is 0 Å². The maximum absolute atomic E-state index is 12.4. The van der Waals surface area contributed by atoms with Crippen molar-refractivity contribution in [3.05, 3.63) is 28.1 Å². The fourth-order valence-electron chi connectivity index (χ4n) is 2.95. The first-order valence-corrected chi connectivity index (χ1v) is 8.82. The van der Waals surface area contributed by atoms with E-state index in [1.165, 1.54) is 7.11 Å². The molecule has 2 aromatic heterocycles. The number of hydrogen-bond donors (Lipinski definition) is 1. The summed E-state index contributed by atoms with van der Waals surface area (Å²) < 4.78 is 10.1. The monoisotopic (exact) mass is 364 g/mol. The second kappa shape index (κ2) is 7.32. The van der Waals surface area contributed by atoms with Crippen LogP contribution in [0.3, 0.4) is 0 Å². The molecule has 25 heavy (non-hydrogen) atoms. The molecular weight excluding hydrogens is 344 g/mol. The van der Waals surface area contributed by atoms with Gasteiger partial charge in [0.1, 0.15) is 4.88 Å². The van der Waals surface area contributed by atoms with E-state index in [-0.39, 0.29) is 18.5 Å².